The van der Waals surface area contributed by atoms with Crippen LogP contribution in [0.5, 0.6) is 0 Å². The Labute approximate surface area is 124 Å². The average molecular weight is 292 g/mol. The van der Waals surface area contributed by atoms with Crippen molar-refractivity contribution in [3.8, 4) is 0 Å². The molecule has 0 aliphatic heterocycles. The molecule has 1 aliphatic carbocycles. The molecule has 5 nitrogen and oxygen atoms in total. The molecule has 1 fully saturated rings. The Morgan fingerprint density at radius 2 is 1.95 bits per heavy atom. The number of amides is 1. The molecule has 0 spiro atoms. The number of carbonyl (C=O) groups excluding carboxylic acids is 1. The fourth-order valence-corrected chi connectivity index (χ4v) is 2.91. The zero-order chi connectivity index (χ0) is 14.8. The topological polar surface area (TPSA) is 80.9 Å². The van der Waals surface area contributed by atoms with Gasteiger partial charge in [-0.2, -0.15) is 10.2 Å². The molecule has 0 saturated heterocycles. The average Bonchev–Trinajstić information content (AvgIpc) is 2.42. The van der Waals surface area contributed by atoms with Gasteiger partial charge >= 0.3 is 0 Å². The predicted molar refractivity (Wildman–Crippen MR) is 81.6 cm³/mol. The number of nitrogens with one attached hydrogen (secondary N) is 1. The molecule has 1 amide bonds. The van der Waals surface area contributed by atoms with Crippen LogP contribution in [0.2, 0.25) is 0 Å². The van der Waals surface area contributed by atoms with Gasteiger partial charge in [-0.05, 0) is 32.8 Å². The second-order valence-electron chi connectivity index (χ2n) is 5.45. The predicted octanol–water partition coefficient (Wildman–Crippen LogP) is 1.81. The van der Waals surface area contributed by atoms with Crippen LogP contribution in [0.1, 0.15) is 53.8 Å². The van der Waals surface area contributed by atoms with Gasteiger partial charge in [0.15, 0.2) is 0 Å². The van der Waals surface area contributed by atoms with Crippen molar-refractivity contribution in [1.82, 2.24) is 15.5 Å². The second kappa shape index (κ2) is 5.83. The maximum atomic E-state index is 12.5. The maximum absolute atomic E-state index is 12.5. The molecule has 3 N–H and O–H groups in total. The van der Waals surface area contributed by atoms with E-state index in [0.29, 0.717) is 21.9 Å². The molecule has 1 aromatic heterocycles. The van der Waals surface area contributed by atoms with Gasteiger partial charge in [-0.25, -0.2) is 0 Å². The van der Waals surface area contributed by atoms with Crippen molar-refractivity contribution in [3.05, 3.63) is 23.0 Å². The van der Waals surface area contributed by atoms with Gasteiger partial charge in [0.2, 0.25) is 0 Å². The van der Waals surface area contributed by atoms with E-state index < -0.39 is 5.54 Å². The van der Waals surface area contributed by atoms with Gasteiger partial charge in [0.05, 0.1) is 27.5 Å². The van der Waals surface area contributed by atoms with E-state index in [4.69, 9.17) is 18.0 Å². The Hall–Kier alpha value is -1.56. The normalized spacial score (nSPS) is 17.5. The minimum Gasteiger partial charge on any atom is -0.391 e. The Morgan fingerprint density at radius 1 is 1.30 bits per heavy atom. The zero-order valence-corrected chi connectivity index (χ0v) is 12.7. The van der Waals surface area contributed by atoms with Crippen LogP contribution in [-0.2, 0) is 0 Å². The summed E-state index contributed by atoms with van der Waals surface area (Å²) in [7, 11) is 0. The third-order valence-corrected chi connectivity index (χ3v) is 4.27. The summed E-state index contributed by atoms with van der Waals surface area (Å²) in [6.07, 6.45) is 4.85. The first-order valence-corrected chi connectivity index (χ1v) is 7.29. The number of thiocarbonyl (C=S) groups is 1. The van der Waals surface area contributed by atoms with Crippen LogP contribution in [-0.4, -0.2) is 26.6 Å². The molecule has 0 atom stereocenters. The molecule has 1 aromatic rings. The molecule has 1 aliphatic rings. The Balaban J connectivity index is 2.24. The standard InChI is InChI=1S/C14H20N4OS/c1-9-8-11(10(2)18-17-9)12(19)16-14(13(15)20)6-4-3-5-7-14/h8H,3-7H2,1-2H3,(H2,15,20)(H,16,19). The van der Waals surface area contributed by atoms with Crippen LogP contribution in [0.3, 0.4) is 0 Å². The van der Waals surface area contributed by atoms with Crippen molar-refractivity contribution < 1.29 is 4.79 Å². The fraction of sp³-hybridized carbons (Fsp3) is 0.571. The highest BCUT2D eigenvalue weighted by Gasteiger charge is 2.37. The molecule has 2 rings (SSSR count). The van der Waals surface area contributed by atoms with Crippen molar-refractivity contribution in [3.63, 3.8) is 0 Å². The first-order chi connectivity index (χ1) is 9.44. The van der Waals surface area contributed by atoms with E-state index in [1.54, 1.807) is 13.0 Å². The SMILES string of the molecule is Cc1cc(C(=O)NC2(C(N)=S)CCCCC2)c(C)nn1. The van der Waals surface area contributed by atoms with Gasteiger partial charge in [-0.1, -0.05) is 31.5 Å². The van der Waals surface area contributed by atoms with Gasteiger partial charge < -0.3 is 11.1 Å². The molecule has 0 unspecified atom stereocenters. The number of aromatic nitrogens is 2. The largest absolute Gasteiger partial charge is 0.391 e. The van der Waals surface area contributed by atoms with Crippen LogP contribution >= 0.6 is 12.2 Å². The van der Waals surface area contributed by atoms with Crippen LogP contribution in [0.25, 0.3) is 0 Å². The quantitative estimate of drug-likeness (QED) is 0.830. The summed E-state index contributed by atoms with van der Waals surface area (Å²) in [5, 5.41) is 11.0. The fourth-order valence-electron chi connectivity index (χ4n) is 2.65. The van der Waals surface area contributed by atoms with Crippen LogP contribution in [0, 0.1) is 13.8 Å². The number of hydrogen-bond acceptors (Lipinski definition) is 4. The molecule has 0 aromatic carbocycles. The second-order valence-corrected chi connectivity index (χ2v) is 5.89. The lowest BCUT2D eigenvalue weighted by atomic mass is 9.81. The first kappa shape index (κ1) is 14.8. The Morgan fingerprint density at radius 3 is 2.55 bits per heavy atom. The van der Waals surface area contributed by atoms with E-state index in [1.807, 2.05) is 6.92 Å². The van der Waals surface area contributed by atoms with Gasteiger partial charge in [0, 0.05) is 0 Å². The molecule has 20 heavy (non-hydrogen) atoms. The van der Waals surface area contributed by atoms with Gasteiger partial charge in [0.25, 0.3) is 5.91 Å². The van der Waals surface area contributed by atoms with Crippen molar-refractivity contribution in [2.45, 2.75) is 51.5 Å². The summed E-state index contributed by atoms with van der Waals surface area (Å²) in [5.74, 6) is -0.171. The summed E-state index contributed by atoms with van der Waals surface area (Å²) >= 11 is 5.19. The maximum Gasteiger partial charge on any atom is 0.254 e. The number of nitrogens with two attached hydrogens (primary N) is 1. The molecule has 6 heteroatoms. The summed E-state index contributed by atoms with van der Waals surface area (Å²) < 4.78 is 0. The van der Waals surface area contributed by atoms with E-state index in [0.717, 1.165) is 32.1 Å². The third kappa shape index (κ3) is 2.95. The number of hydrogen-bond donors (Lipinski definition) is 2. The van der Waals surface area contributed by atoms with Crippen molar-refractivity contribution in [1.29, 1.82) is 0 Å². The monoisotopic (exact) mass is 292 g/mol. The van der Waals surface area contributed by atoms with Crippen LogP contribution in [0.15, 0.2) is 6.07 Å². The van der Waals surface area contributed by atoms with E-state index in [9.17, 15) is 4.79 Å². The highest BCUT2D eigenvalue weighted by molar-refractivity contribution is 7.80. The highest BCUT2D eigenvalue weighted by Crippen LogP contribution is 2.29. The van der Waals surface area contributed by atoms with Gasteiger partial charge in [-0.3, -0.25) is 4.79 Å². The van der Waals surface area contributed by atoms with Crippen molar-refractivity contribution in [2.24, 2.45) is 5.73 Å². The highest BCUT2D eigenvalue weighted by atomic mass is 32.1. The number of nitrogens with zero attached hydrogens (tertiary/aromatic N) is 2. The molecule has 0 radical (unpaired) electrons. The van der Waals surface area contributed by atoms with Gasteiger partial charge in [0.1, 0.15) is 0 Å². The zero-order valence-electron chi connectivity index (χ0n) is 11.9. The summed E-state index contributed by atoms with van der Waals surface area (Å²) in [6, 6.07) is 1.74. The van der Waals surface area contributed by atoms with Crippen molar-refractivity contribution >= 4 is 23.1 Å². The minimum absolute atomic E-state index is 0.171. The summed E-state index contributed by atoms with van der Waals surface area (Å²) in [6.45, 7) is 3.59. The lowest BCUT2D eigenvalue weighted by Crippen LogP contribution is -2.57. The van der Waals surface area contributed by atoms with E-state index in [2.05, 4.69) is 15.5 Å². The lowest BCUT2D eigenvalue weighted by molar-refractivity contribution is 0.0907. The summed E-state index contributed by atoms with van der Waals surface area (Å²) in [5.41, 5.74) is 7.21. The molecular weight excluding hydrogens is 272 g/mol. The number of carbonyl (C=O) groups is 1. The van der Waals surface area contributed by atoms with E-state index >= 15 is 0 Å². The molecule has 0 bridgehead atoms. The molecule has 1 saturated carbocycles. The minimum atomic E-state index is -0.547. The lowest BCUT2D eigenvalue weighted by Gasteiger charge is -2.37. The molecule has 108 valence electrons. The third-order valence-electron chi connectivity index (χ3n) is 3.88. The van der Waals surface area contributed by atoms with Crippen molar-refractivity contribution in [2.75, 3.05) is 0 Å². The molecular formula is C14H20N4OS. The number of rotatable bonds is 3. The first-order valence-electron chi connectivity index (χ1n) is 6.88. The Kier molecular flexibility index (Phi) is 4.32. The molecule has 1 heterocycles. The van der Waals surface area contributed by atoms with E-state index in [-0.39, 0.29) is 5.91 Å². The van der Waals surface area contributed by atoms with Gasteiger partial charge in [-0.15, -0.1) is 0 Å². The number of aryl methyl sites for hydroxylation is 2. The summed E-state index contributed by atoms with van der Waals surface area (Å²) in [4.78, 5) is 12.9. The van der Waals surface area contributed by atoms with Crippen LogP contribution < -0.4 is 11.1 Å². The van der Waals surface area contributed by atoms with E-state index in [1.165, 1.54) is 0 Å². The smallest absolute Gasteiger partial charge is 0.254 e. The Bertz CT molecular complexity index is 538. The van der Waals surface area contributed by atoms with Crippen LogP contribution in [0.4, 0.5) is 0 Å².